The average molecular weight is 157 g/mol. The summed E-state index contributed by atoms with van der Waals surface area (Å²) in [6.07, 6.45) is 0. The molecule has 0 aliphatic heterocycles. The molecule has 1 heterocycles. The van der Waals surface area contributed by atoms with Crippen molar-refractivity contribution < 1.29 is 4.42 Å². The van der Waals surface area contributed by atoms with Crippen LogP contribution >= 0.6 is 0 Å². The topological polar surface area (TPSA) is 17.5 Å². The molecular formula is C10H7NO. The molecule has 0 amide bonds. The lowest BCUT2D eigenvalue weighted by Crippen LogP contribution is -1.64. The van der Waals surface area contributed by atoms with E-state index in [1.54, 1.807) is 0 Å². The van der Waals surface area contributed by atoms with Crippen LogP contribution in [0.25, 0.3) is 15.6 Å². The molecule has 2 nitrogen and oxygen atoms in total. The van der Waals surface area contributed by atoms with Gasteiger partial charge in [-0.15, -0.1) is 0 Å². The van der Waals surface area contributed by atoms with Gasteiger partial charge in [0.25, 0.3) is 0 Å². The summed E-state index contributed by atoms with van der Waals surface area (Å²) in [6.45, 7) is 8.74. The zero-order chi connectivity index (χ0) is 8.55. The quantitative estimate of drug-likeness (QED) is 0.536. The highest BCUT2D eigenvalue weighted by Crippen LogP contribution is 2.31. The predicted molar refractivity (Wildman–Crippen MR) is 47.2 cm³/mol. The summed E-state index contributed by atoms with van der Waals surface area (Å²) in [5.74, 6) is 1.21. The van der Waals surface area contributed by atoms with Crippen LogP contribution in [-0.2, 0) is 0 Å². The van der Waals surface area contributed by atoms with E-state index in [0.717, 1.165) is 16.5 Å². The van der Waals surface area contributed by atoms with Gasteiger partial charge < -0.3 is 4.42 Å². The van der Waals surface area contributed by atoms with Crippen molar-refractivity contribution in [2.45, 2.75) is 6.92 Å². The molecule has 58 valence electrons. The van der Waals surface area contributed by atoms with Crippen molar-refractivity contribution in [1.29, 1.82) is 0 Å². The molecule has 0 atom stereocenters. The SMILES string of the molecule is [C-]#[N+]c1oc(C)c2ccccc12. The molecule has 2 heteroatoms. The van der Waals surface area contributed by atoms with Gasteiger partial charge >= 0.3 is 5.88 Å². The largest absolute Gasteiger partial charge is 0.484 e. The summed E-state index contributed by atoms with van der Waals surface area (Å²) in [4.78, 5) is 3.30. The van der Waals surface area contributed by atoms with Crippen LogP contribution in [0, 0.1) is 13.5 Å². The van der Waals surface area contributed by atoms with Crippen LogP contribution < -0.4 is 0 Å². The minimum atomic E-state index is 0.392. The molecule has 0 radical (unpaired) electrons. The first kappa shape index (κ1) is 6.93. The standard InChI is InChI=1S/C10H7NO/c1-7-8-5-3-4-6-9(8)10(11-2)12-7/h3-6H,1H3. The van der Waals surface area contributed by atoms with Crippen LogP contribution in [0.3, 0.4) is 0 Å². The first-order valence-electron chi connectivity index (χ1n) is 3.68. The fourth-order valence-corrected chi connectivity index (χ4v) is 1.31. The number of fused-ring (bicyclic) bond motifs is 1. The van der Waals surface area contributed by atoms with E-state index in [4.69, 9.17) is 11.0 Å². The summed E-state index contributed by atoms with van der Waals surface area (Å²) >= 11 is 0. The molecule has 0 N–H and O–H groups in total. The van der Waals surface area contributed by atoms with Crippen LogP contribution in [0.2, 0.25) is 0 Å². The molecule has 0 saturated carbocycles. The Morgan fingerprint density at radius 2 is 1.92 bits per heavy atom. The minimum Gasteiger partial charge on any atom is -0.484 e. The number of nitrogens with zero attached hydrogens (tertiary/aromatic N) is 1. The normalized spacial score (nSPS) is 10.0. The highest BCUT2D eigenvalue weighted by molar-refractivity contribution is 5.93. The Morgan fingerprint density at radius 3 is 2.58 bits per heavy atom. The van der Waals surface area contributed by atoms with Gasteiger partial charge in [0.1, 0.15) is 0 Å². The summed E-state index contributed by atoms with van der Waals surface area (Å²) in [5.41, 5.74) is 0. The van der Waals surface area contributed by atoms with Gasteiger partial charge in [-0.3, -0.25) is 0 Å². The Balaban J connectivity index is 2.94. The van der Waals surface area contributed by atoms with Crippen LogP contribution in [-0.4, -0.2) is 0 Å². The van der Waals surface area contributed by atoms with Crippen molar-refractivity contribution in [3.63, 3.8) is 0 Å². The molecule has 0 unspecified atom stereocenters. The molecule has 1 aromatic heterocycles. The van der Waals surface area contributed by atoms with Gasteiger partial charge in [-0.2, -0.15) is 4.85 Å². The first-order valence-corrected chi connectivity index (χ1v) is 3.68. The van der Waals surface area contributed by atoms with Crippen molar-refractivity contribution in [2.75, 3.05) is 0 Å². The van der Waals surface area contributed by atoms with Crippen molar-refractivity contribution >= 4 is 16.7 Å². The van der Waals surface area contributed by atoms with Gasteiger partial charge in [-0.1, -0.05) is 24.3 Å². The Kier molecular flexibility index (Phi) is 1.38. The molecule has 2 rings (SSSR count). The number of benzene rings is 1. The minimum absolute atomic E-state index is 0.392. The predicted octanol–water partition coefficient (Wildman–Crippen LogP) is 3.29. The molecule has 0 spiro atoms. The van der Waals surface area contributed by atoms with Gasteiger partial charge in [0, 0.05) is 10.8 Å². The lowest BCUT2D eigenvalue weighted by Gasteiger charge is -1.85. The van der Waals surface area contributed by atoms with E-state index in [1.165, 1.54) is 0 Å². The number of rotatable bonds is 0. The summed E-state index contributed by atoms with van der Waals surface area (Å²) < 4.78 is 5.26. The molecule has 0 aliphatic rings. The number of aryl methyl sites for hydroxylation is 1. The smallest absolute Gasteiger partial charge is 0.353 e. The lowest BCUT2D eigenvalue weighted by molar-refractivity contribution is 0.562. The third-order valence-electron chi connectivity index (χ3n) is 1.89. The molecule has 0 bridgehead atoms. The number of hydrogen-bond acceptors (Lipinski definition) is 1. The van der Waals surface area contributed by atoms with Crippen molar-refractivity contribution in [2.24, 2.45) is 0 Å². The second-order valence-corrected chi connectivity index (χ2v) is 2.62. The Labute approximate surface area is 70.2 Å². The summed E-state index contributed by atoms with van der Waals surface area (Å²) in [5, 5.41) is 1.94. The molecule has 0 aliphatic carbocycles. The van der Waals surface area contributed by atoms with Gasteiger partial charge in [-0.25, -0.2) is 0 Å². The van der Waals surface area contributed by atoms with Gasteiger partial charge in [0.05, 0.1) is 12.3 Å². The fourth-order valence-electron chi connectivity index (χ4n) is 1.31. The number of furan rings is 1. The monoisotopic (exact) mass is 157 g/mol. The first-order chi connectivity index (χ1) is 5.83. The molecule has 0 fully saturated rings. The Bertz CT molecular complexity index is 462. The van der Waals surface area contributed by atoms with E-state index in [2.05, 4.69) is 4.85 Å². The Hall–Kier alpha value is -1.75. The third-order valence-corrected chi connectivity index (χ3v) is 1.89. The molecular weight excluding hydrogens is 150 g/mol. The molecule has 0 saturated heterocycles. The third kappa shape index (κ3) is 0.802. The van der Waals surface area contributed by atoms with Crippen molar-refractivity contribution in [3.05, 3.63) is 41.4 Å². The second-order valence-electron chi connectivity index (χ2n) is 2.62. The van der Waals surface area contributed by atoms with Gasteiger partial charge in [0.2, 0.25) is 0 Å². The maximum atomic E-state index is 6.87. The van der Waals surface area contributed by atoms with E-state index in [-0.39, 0.29) is 0 Å². The van der Waals surface area contributed by atoms with Gasteiger partial charge in [0.15, 0.2) is 0 Å². The van der Waals surface area contributed by atoms with E-state index in [9.17, 15) is 0 Å². The van der Waals surface area contributed by atoms with E-state index < -0.39 is 0 Å². The van der Waals surface area contributed by atoms with Crippen LogP contribution in [0.5, 0.6) is 0 Å². The summed E-state index contributed by atoms with van der Waals surface area (Å²) in [6, 6.07) is 7.71. The second kappa shape index (κ2) is 2.38. The van der Waals surface area contributed by atoms with Crippen LogP contribution in [0.1, 0.15) is 5.76 Å². The fraction of sp³-hybridized carbons (Fsp3) is 0.100. The van der Waals surface area contributed by atoms with Crippen LogP contribution in [0.4, 0.5) is 5.88 Å². The van der Waals surface area contributed by atoms with E-state index >= 15 is 0 Å². The van der Waals surface area contributed by atoms with Crippen LogP contribution in [0.15, 0.2) is 28.7 Å². The lowest BCUT2D eigenvalue weighted by atomic mass is 10.2. The highest BCUT2D eigenvalue weighted by Gasteiger charge is 2.07. The van der Waals surface area contributed by atoms with E-state index in [0.29, 0.717) is 5.88 Å². The van der Waals surface area contributed by atoms with Gasteiger partial charge in [-0.05, 0) is 6.92 Å². The molecule has 1 aromatic carbocycles. The average Bonchev–Trinajstić information content (AvgIpc) is 2.44. The van der Waals surface area contributed by atoms with Crippen molar-refractivity contribution in [1.82, 2.24) is 0 Å². The summed E-state index contributed by atoms with van der Waals surface area (Å²) in [7, 11) is 0. The molecule has 12 heavy (non-hydrogen) atoms. The zero-order valence-electron chi connectivity index (χ0n) is 6.66. The van der Waals surface area contributed by atoms with E-state index in [1.807, 2.05) is 31.2 Å². The maximum Gasteiger partial charge on any atom is 0.353 e. The van der Waals surface area contributed by atoms with Crippen molar-refractivity contribution in [3.8, 4) is 0 Å². The highest BCUT2D eigenvalue weighted by atomic mass is 16.4. The Morgan fingerprint density at radius 1 is 1.25 bits per heavy atom. The molecule has 2 aromatic rings. The zero-order valence-corrected chi connectivity index (χ0v) is 6.66. The number of hydrogen-bond donors (Lipinski definition) is 0. The maximum absolute atomic E-state index is 6.87.